The van der Waals surface area contributed by atoms with Gasteiger partial charge in [-0.3, -0.25) is 4.79 Å². The fourth-order valence-corrected chi connectivity index (χ4v) is 5.04. The molecule has 2 aromatic rings. The minimum absolute atomic E-state index is 0.0222. The molecule has 1 aromatic carbocycles. The summed E-state index contributed by atoms with van der Waals surface area (Å²) >= 11 is 0. The summed E-state index contributed by atoms with van der Waals surface area (Å²) in [5, 5.41) is 0. The zero-order valence-electron chi connectivity index (χ0n) is 16.9. The van der Waals surface area contributed by atoms with Crippen LogP contribution in [0.5, 0.6) is 0 Å². The molecular formula is C22H27FN4O. The molecule has 2 aliphatic rings. The number of hydrogen-bond donors (Lipinski definition) is 0. The van der Waals surface area contributed by atoms with E-state index >= 15 is 0 Å². The number of halogens is 1. The Morgan fingerprint density at radius 2 is 1.93 bits per heavy atom. The third-order valence-electron chi connectivity index (χ3n) is 6.16. The number of likely N-dealkylation sites (tertiary alicyclic amines) is 1. The Hall–Kier alpha value is -2.50. The summed E-state index contributed by atoms with van der Waals surface area (Å²) in [6, 6.07) is 7.14. The number of carbonyl (C=O) groups excluding carboxylic acids is 1. The highest BCUT2D eigenvalue weighted by molar-refractivity contribution is 5.95. The molecule has 6 heteroatoms. The van der Waals surface area contributed by atoms with E-state index in [-0.39, 0.29) is 17.3 Å². The minimum Gasteiger partial charge on any atom is -0.363 e. The highest BCUT2D eigenvalue weighted by Crippen LogP contribution is 2.44. The Bertz CT molecular complexity index is 896. The Labute approximate surface area is 165 Å². The van der Waals surface area contributed by atoms with E-state index in [2.05, 4.69) is 28.7 Å². The molecular weight excluding hydrogens is 355 g/mol. The molecule has 0 spiro atoms. The second-order valence-electron chi connectivity index (χ2n) is 8.65. The van der Waals surface area contributed by atoms with Gasteiger partial charge < -0.3 is 9.80 Å². The van der Waals surface area contributed by atoms with Crippen molar-refractivity contribution in [2.75, 3.05) is 18.0 Å². The van der Waals surface area contributed by atoms with Crippen molar-refractivity contribution in [3.63, 3.8) is 0 Å². The van der Waals surface area contributed by atoms with Crippen LogP contribution in [0.4, 0.5) is 10.1 Å². The molecule has 2 aliphatic heterocycles. The van der Waals surface area contributed by atoms with Crippen molar-refractivity contribution in [2.45, 2.75) is 52.1 Å². The third kappa shape index (κ3) is 3.25. The Morgan fingerprint density at radius 1 is 1.21 bits per heavy atom. The number of benzene rings is 1. The van der Waals surface area contributed by atoms with Crippen molar-refractivity contribution in [2.24, 2.45) is 5.92 Å². The minimum atomic E-state index is -0.214. The molecule has 5 nitrogen and oxygen atoms in total. The maximum Gasteiger partial charge on any atom is 0.257 e. The molecule has 1 aromatic heterocycles. The summed E-state index contributed by atoms with van der Waals surface area (Å²) in [4.78, 5) is 26.0. The van der Waals surface area contributed by atoms with Crippen LogP contribution in [-0.2, 0) is 0 Å². The summed E-state index contributed by atoms with van der Waals surface area (Å²) < 4.78 is 13.4. The zero-order chi connectivity index (χ0) is 20.1. The quantitative estimate of drug-likeness (QED) is 0.794. The van der Waals surface area contributed by atoms with Crippen LogP contribution >= 0.6 is 0 Å². The average molecular weight is 382 g/mol. The van der Waals surface area contributed by atoms with Crippen LogP contribution in [0.25, 0.3) is 0 Å². The van der Waals surface area contributed by atoms with Gasteiger partial charge in [-0.05, 0) is 70.7 Å². The highest BCUT2D eigenvalue weighted by Gasteiger charge is 2.48. The maximum absolute atomic E-state index is 13.4. The Morgan fingerprint density at radius 3 is 2.61 bits per heavy atom. The van der Waals surface area contributed by atoms with Gasteiger partial charge in [-0.15, -0.1) is 0 Å². The van der Waals surface area contributed by atoms with Crippen molar-refractivity contribution >= 4 is 11.6 Å². The van der Waals surface area contributed by atoms with Crippen molar-refractivity contribution in [1.29, 1.82) is 0 Å². The highest BCUT2D eigenvalue weighted by atomic mass is 19.1. The van der Waals surface area contributed by atoms with Crippen LogP contribution in [0.3, 0.4) is 0 Å². The predicted molar refractivity (Wildman–Crippen MR) is 107 cm³/mol. The molecule has 28 heavy (non-hydrogen) atoms. The molecule has 2 saturated heterocycles. The second kappa shape index (κ2) is 6.83. The Balaban J connectivity index is 1.55. The van der Waals surface area contributed by atoms with Gasteiger partial charge in [0.05, 0.1) is 11.3 Å². The van der Waals surface area contributed by atoms with Gasteiger partial charge in [0, 0.05) is 36.6 Å². The molecule has 0 unspecified atom stereocenters. The predicted octanol–water partition coefficient (Wildman–Crippen LogP) is 3.75. The number of aryl methyl sites for hydroxylation is 2. The van der Waals surface area contributed by atoms with Gasteiger partial charge in [0.15, 0.2) is 0 Å². The molecule has 0 N–H and O–H groups in total. The van der Waals surface area contributed by atoms with Gasteiger partial charge in [-0.25, -0.2) is 14.4 Å². The normalized spacial score (nSPS) is 23.6. The molecule has 148 valence electrons. The van der Waals surface area contributed by atoms with Crippen LogP contribution in [0.15, 0.2) is 30.5 Å². The molecule has 2 atom stereocenters. The average Bonchev–Trinajstić information content (AvgIpc) is 2.91. The van der Waals surface area contributed by atoms with Crippen LogP contribution in [0.2, 0.25) is 0 Å². The van der Waals surface area contributed by atoms with E-state index < -0.39 is 0 Å². The summed E-state index contributed by atoms with van der Waals surface area (Å²) in [6.07, 6.45) is 3.56. The van der Waals surface area contributed by atoms with E-state index in [4.69, 9.17) is 0 Å². The molecule has 3 heterocycles. The molecule has 0 bridgehead atoms. The summed E-state index contributed by atoms with van der Waals surface area (Å²) in [6.45, 7) is 9.61. The van der Waals surface area contributed by atoms with Crippen LogP contribution in [0, 0.1) is 25.6 Å². The lowest BCUT2D eigenvalue weighted by atomic mass is 9.89. The van der Waals surface area contributed by atoms with E-state index in [1.54, 1.807) is 6.20 Å². The number of nitrogens with zero attached hydrogens (tertiary/aromatic N) is 4. The van der Waals surface area contributed by atoms with E-state index in [0.717, 1.165) is 30.8 Å². The Kier molecular flexibility index (Phi) is 4.60. The third-order valence-corrected chi connectivity index (χ3v) is 6.16. The SMILES string of the molecule is Cc1ncc(C(=O)N2CC[C@H]3[C@@H](C2)CC(C)(C)N3c2ccc(F)cc2)c(C)n1. The second-order valence-corrected chi connectivity index (χ2v) is 8.65. The number of hydrogen-bond acceptors (Lipinski definition) is 4. The van der Waals surface area contributed by atoms with Gasteiger partial charge in [0.2, 0.25) is 0 Å². The number of amides is 1. The van der Waals surface area contributed by atoms with Gasteiger partial charge in [0.25, 0.3) is 5.91 Å². The van der Waals surface area contributed by atoms with Crippen LogP contribution in [-0.4, -0.2) is 45.4 Å². The fourth-order valence-electron chi connectivity index (χ4n) is 5.04. The molecule has 2 fully saturated rings. The number of carbonyl (C=O) groups is 1. The molecule has 4 rings (SSSR count). The number of aromatic nitrogens is 2. The number of fused-ring (bicyclic) bond motifs is 1. The first-order valence-electron chi connectivity index (χ1n) is 9.91. The summed E-state index contributed by atoms with van der Waals surface area (Å²) in [7, 11) is 0. The van der Waals surface area contributed by atoms with Gasteiger partial charge in [-0.1, -0.05) is 0 Å². The van der Waals surface area contributed by atoms with E-state index in [1.165, 1.54) is 12.1 Å². The molecule has 1 amide bonds. The maximum atomic E-state index is 13.4. The van der Waals surface area contributed by atoms with Crippen LogP contribution in [0.1, 0.15) is 48.6 Å². The van der Waals surface area contributed by atoms with E-state index in [1.807, 2.05) is 30.9 Å². The van der Waals surface area contributed by atoms with Gasteiger partial charge >= 0.3 is 0 Å². The van der Waals surface area contributed by atoms with E-state index in [0.29, 0.717) is 29.9 Å². The molecule has 0 aliphatic carbocycles. The van der Waals surface area contributed by atoms with Crippen molar-refractivity contribution in [1.82, 2.24) is 14.9 Å². The first-order chi connectivity index (χ1) is 13.3. The topological polar surface area (TPSA) is 49.3 Å². The summed E-state index contributed by atoms with van der Waals surface area (Å²) in [5.41, 5.74) is 2.35. The van der Waals surface area contributed by atoms with Crippen molar-refractivity contribution in [3.8, 4) is 0 Å². The smallest absolute Gasteiger partial charge is 0.257 e. The lowest BCUT2D eigenvalue weighted by molar-refractivity contribution is 0.0665. The lowest BCUT2D eigenvalue weighted by Gasteiger charge is -2.42. The fraction of sp³-hybridized carbons (Fsp3) is 0.500. The van der Waals surface area contributed by atoms with E-state index in [9.17, 15) is 9.18 Å². The number of anilines is 1. The standard InChI is InChI=1S/C22H27FN4O/c1-14-19(12-24-15(2)25-14)21(28)26-10-9-20-16(13-26)11-22(3,4)27(20)18-7-5-17(23)6-8-18/h5-8,12,16,20H,9-11,13H2,1-4H3/t16-,20+/m1/s1. The number of rotatable bonds is 2. The van der Waals surface area contributed by atoms with Crippen LogP contribution < -0.4 is 4.90 Å². The lowest BCUT2D eigenvalue weighted by Crippen LogP contribution is -2.50. The summed E-state index contributed by atoms with van der Waals surface area (Å²) in [5.74, 6) is 0.882. The number of piperidine rings is 1. The zero-order valence-corrected chi connectivity index (χ0v) is 16.9. The van der Waals surface area contributed by atoms with Gasteiger partial charge in [0.1, 0.15) is 11.6 Å². The molecule has 0 radical (unpaired) electrons. The van der Waals surface area contributed by atoms with Crippen molar-refractivity contribution < 1.29 is 9.18 Å². The molecule has 0 saturated carbocycles. The van der Waals surface area contributed by atoms with Crippen molar-refractivity contribution in [3.05, 3.63) is 53.4 Å². The largest absolute Gasteiger partial charge is 0.363 e. The first-order valence-corrected chi connectivity index (χ1v) is 9.91. The van der Waals surface area contributed by atoms with Gasteiger partial charge in [-0.2, -0.15) is 0 Å². The first kappa shape index (κ1) is 18.8. The monoisotopic (exact) mass is 382 g/mol.